The van der Waals surface area contributed by atoms with Gasteiger partial charge in [-0.25, -0.2) is 8.78 Å². The molecule has 0 aromatic heterocycles. The highest BCUT2D eigenvalue weighted by Gasteiger charge is 2.15. The van der Waals surface area contributed by atoms with Crippen LogP contribution < -0.4 is 0 Å². The minimum absolute atomic E-state index is 0.0302. The van der Waals surface area contributed by atoms with Gasteiger partial charge in [0.25, 0.3) is 0 Å². The first kappa shape index (κ1) is 13.8. The molecule has 0 amide bonds. The van der Waals surface area contributed by atoms with Crippen LogP contribution in [0.5, 0.6) is 0 Å². The number of rotatable bonds is 6. The molecule has 1 aromatic rings. The van der Waals surface area contributed by atoms with Crippen LogP contribution in [0.15, 0.2) is 18.2 Å². The fourth-order valence-electron chi connectivity index (χ4n) is 1.46. The highest BCUT2D eigenvalue weighted by atomic mass is 19.1. The molecule has 0 fully saturated rings. The summed E-state index contributed by atoms with van der Waals surface area (Å²) in [5, 5.41) is 0. The van der Waals surface area contributed by atoms with Crippen molar-refractivity contribution in [3.63, 3.8) is 0 Å². The number of ether oxygens (including phenoxy) is 1. The molecule has 2 unspecified atom stereocenters. The summed E-state index contributed by atoms with van der Waals surface area (Å²) < 4.78 is 31.1. The maximum absolute atomic E-state index is 12.9. The highest BCUT2D eigenvalue weighted by molar-refractivity contribution is 5.56. The second-order valence-corrected chi connectivity index (χ2v) is 4.07. The van der Waals surface area contributed by atoms with E-state index in [4.69, 9.17) is 4.74 Å². The molecule has 0 saturated carbocycles. The molecular formula is C13H16F2O2. The van der Waals surface area contributed by atoms with Crippen molar-refractivity contribution in [3.8, 4) is 0 Å². The van der Waals surface area contributed by atoms with Crippen molar-refractivity contribution in [2.24, 2.45) is 5.92 Å². The van der Waals surface area contributed by atoms with Gasteiger partial charge in [0, 0.05) is 6.07 Å². The number of aldehydes is 1. The van der Waals surface area contributed by atoms with Crippen molar-refractivity contribution in [1.82, 2.24) is 0 Å². The zero-order valence-electron chi connectivity index (χ0n) is 9.95. The Balaban J connectivity index is 2.62. The molecule has 2 atom stereocenters. The molecular weight excluding hydrogens is 226 g/mol. The minimum Gasteiger partial charge on any atom is -0.366 e. The van der Waals surface area contributed by atoms with Crippen molar-refractivity contribution in [2.75, 3.05) is 0 Å². The van der Waals surface area contributed by atoms with Gasteiger partial charge in [-0.15, -0.1) is 0 Å². The van der Waals surface area contributed by atoms with Gasteiger partial charge in [-0.1, -0.05) is 20.3 Å². The molecule has 0 N–H and O–H groups in total. The van der Waals surface area contributed by atoms with Crippen LogP contribution in [0.4, 0.5) is 8.78 Å². The smallest absolute Gasteiger partial charge is 0.149 e. The van der Waals surface area contributed by atoms with E-state index < -0.39 is 17.7 Å². The summed E-state index contributed by atoms with van der Waals surface area (Å²) in [4.78, 5) is 10.8. The van der Waals surface area contributed by atoms with Crippen LogP contribution in [0.2, 0.25) is 0 Å². The third kappa shape index (κ3) is 4.23. The van der Waals surface area contributed by atoms with Gasteiger partial charge in [0.05, 0.1) is 6.61 Å². The summed E-state index contributed by atoms with van der Waals surface area (Å²) in [6, 6.07) is 3.19. The van der Waals surface area contributed by atoms with Gasteiger partial charge in [-0.2, -0.15) is 0 Å². The summed E-state index contributed by atoms with van der Waals surface area (Å²) in [6.07, 6.45) is 0.997. The van der Waals surface area contributed by atoms with Crippen LogP contribution >= 0.6 is 0 Å². The Morgan fingerprint density at radius 3 is 2.35 bits per heavy atom. The predicted octanol–water partition coefficient (Wildman–Crippen LogP) is 3.10. The predicted molar refractivity (Wildman–Crippen MR) is 60.5 cm³/mol. The zero-order valence-corrected chi connectivity index (χ0v) is 9.95. The molecule has 17 heavy (non-hydrogen) atoms. The zero-order chi connectivity index (χ0) is 12.8. The summed E-state index contributed by atoms with van der Waals surface area (Å²) in [5.41, 5.74) is 0.387. The first-order valence-corrected chi connectivity index (χ1v) is 5.58. The lowest BCUT2D eigenvalue weighted by Crippen LogP contribution is -2.22. The maximum atomic E-state index is 12.9. The molecule has 1 rings (SSSR count). The Morgan fingerprint density at radius 2 is 1.88 bits per heavy atom. The molecule has 0 bridgehead atoms. The molecule has 0 radical (unpaired) electrons. The molecule has 0 heterocycles. The van der Waals surface area contributed by atoms with Crippen molar-refractivity contribution >= 4 is 6.29 Å². The van der Waals surface area contributed by atoms with E-state index in [1.807, 2.05) is 13.8 Å². The van der Waals surface area contributed by atoms with Crippen molar-refractivity contribution in [2.45, 2.75) is 33.0 Å². The van der Waals surface area contributed by atoms with E-state index in [0.717, 1.165) is 18.8 Å². The third-order valence-electron chi connectivity index (χ3n) is 2.70. The molecule has 0 aliphatic heterocycles. The second kappa shape index (κ2) is 6.45. The van der Waals surface area contributed by atoms with Crippen LogP contribution in [-0.4, -0.2) is 12.4 Å². The van der Waals surface area contributed by atoms with Crippen molar-refractivity contribution in [1.29, 1.82) is 0 Å². The minimum atomic E-state index is -0.644. The van der Waals surface area contributed by atoms with E-state index in [1.54, 1.807) is 0 Å². The molecule has 0 spiro atoms. The fourth-order valence-corrected chi connectivity index (χ4v) is 1.46. The monoisotopic (exact) mass is 242 g/mol. The van der Waals surface area contributed by atoms with E-state index in [-0.39, 0.29) is 12.5 Å². The van der Waals surface area contributed by atoms with E-state index in [2.05, 4.69) is 0 Å². The second-order valence-electron chi connectivity index (χ2n) is 4.07. The molecule has 0 saturated heterocycles. The van der Waals surface area contributed by atoms with Gasteiger partial charge in [-0.05, 0) is 23.6 Å². The first-order chi connectivity index (χ1) is 8.06. The Bertz CT molecular complexity index is 359. The Kier molecular flexibility index (Phi) is 5.22. The number of hydrogen-bond donors (Lipinski definition) is 0. The number of benzene rings is 1. The van der Waals surface area contributed by atoms with Gasteiger partial charge in [-0.3, -0.25) is 0 Å². The normalized spacial score (nSPS) is 14.4. The largest absolute Gasteiger partial charge is 0.366 e. The third-order valence-corrected chi connectivity index (χ3v) is 2.70. The van der Waals surface area contributed by atoms with Gasteiger partial charge in [0.15, 0.2) is 0 Å². The molecule has 4 heteroatoms. The summed E-state index contributed by atoms with van der Waals surface area (Å²) in [6.45, 7) is 3.88. The summed E-state index contributed by atoms with van der Waals surface area (Å²) in [7, 11) is 0. The Hall–Kier alpha value is -1.29. The Morgan fingerprint density at radius 1 is 1.29 bits per heavy atom. The molecule has 2 nitrogen and oxygen atoms in total. The molecule has 1 aromatic carbocycles. The van der Waals surface area contributed by atoms with E-state index in [9.17, 15) is 13.6 Å². The average molecular weight is 242 g/mol. The molecule has 0 aliphatic rings. The van der Waals surface area contributed by atoms with Gasteiger partial charge < -0.3 is 9.53 Å². The Labute approximate surface area is 99.6 Å². The van der Waals surface area contributed by atoms with Crippen LogP contribution in [0, 0.1) is 17.6 Å². The van der Waals surface area contributed by atoms with Gasteiger partial charge in [0.2, 0.25) is 0 Å². The number of halogens is 2. The lowest BCUT2D eigenvalue weighted by molar-refractivity contribution is -0.122. The highest BCUT2D eigenvalue weighted by Crippen LogP contribution is 2.14. The quantitative estimate of drug-likeness (QED) is 0.716. The SMILES string of the molecule is CCC(C)C(C=O)OCc1cc(F)cc(F)c1. The van der Waals surface area contributed by atoms with E-state index in [0.29, 0.717) is 5.56 Å². The van der Waals surface area contributed by atoms with Gasteiger partial charge >= 0.3 is 0 Å². The topological polar surface area (TPSA) is 26.3 Å². The lowest BCUT2D eigenvalue weighted by Gasteiger charge is -2.17. The number of carbonyl (C=O) groups is 1. The maximum Gasteiger partial charge on any atom is 0.149 e. The number of carbonyl (C=O) groups excluding carboxylic acids is 1. The van der Waals surface area contributed by atoms with Gasteiger partial charge in [0.1, 0.15) is 24.0 Å². The standard InChI is InChI=1S/C13H16F2O2/c1-3-9(2)13(7-16)17-8-10-4-11(14)6-12(15)5-10/h4-7,9,13H,3,8H2,1-2H3. The van der Waals surface area contributed by atoms with Crippen LogP contribution in [-0.2, 0) is 16.1 Å². The summed E-state index contributed by atoms with van der Waals surface area (Å²) >= 11 is 0. The van der Waals surface area contributed by atoms with Crippen molar-refractivity contribution < 1.29 is 18.3 Å². The van der Waals surface area contributed by atoms with Crippen LogP contribution in [0.3, 0.4) is 0 Å². The van der Waals surface area contributed by atoms with Crippen LogP contribution in [0.25, 0.3) is 0 Å². The number of hydrogen-bond acceptors (Lipinski definition) is 2. The van der Waals surface area contributed by atoms with Crippen molar-refractivity contribution in [3.05, 3.63) is 35.4 Å². The average Bonchev–Trinajstić information content (AvgIpc) is 2.28. The summed E-state index contributed by atoms with van der Waals surface area (Å²) in [5.74, 6) is -1.20. The van der Waals surface area contributed by atoms with Crippen LogP contribution in [0.1, 0.15) is 25.8 Å². The lowest BCUT2D eigenvalue weighted by atomic mass is 10.0. The first-order valence-electron chi connectivity index (χ1n) is 5.58. The van der Waals surface area contributed by atoms with E-state index >= 15 is 0 Å². The molecule has 94 valence electrons. The van der Waals surface area contributed by atoms with E-state index in [1.165, 1.54) is 12.1 Å². The molecule has 0 aliphatic carbocycles. The fraction of sp³-hybridized carbons (Fsp3) is 0.462.